The van der Waals surface area contributed by atoms with Crippen molar-refractivity contribution in [2.75, 3.05) is 0 Å². The number of carbonyl (C=O) groups excluding carboxylic acids is 2. The summed E-state index contributed by atoms with van der Waals surface area (Å²) in [6.07, 6.45) is -0.845. The normalized spacial score (nSPS) is 14.7. The second-order valence-electron chi connectivity index (χ2n) is 3.87. The van der Waals surface area contributed by atoms with Crippen LogP contribution < -0.4 is 11.0 Å². The second-order valence-corrected chi connectivity index (χ2v) is 3.87. The molecule has 0 aliphatic carbocycles. The lowest BCUT2D eigenvalue weighted by atomic mass is 10.2. The van der Waals surface area contributed by atoms with Crippen LogP contribution in [0.3, 0.4) is 0 Å². The molecule has 17 heavy (non-hydrogen) atoms. The topological polar surface area (TPSA) is 119 Å². The van der Waals surface area contributed by atoms with E-state index in [4.69, 9.17) is 11.3 Å². The summed E-state index contributed by atoms with van der Waals surface area (Å²) in [4.78, 5) is 33.4. The van der Waals surface area contributed by atoms with E-state index in [1.165, 1.54) is 6.92 Å². The van der Waals surface area contributed by atoms with Crippen molar-refractivity contribution in [3.63, 3.8) is 0 Å². The molecule has 7 heteroatoms. The van der Waals surface area contributed by atoms with Crippen LogP contribution in [-0.4, -0.2) is 41.1 Å². The van der Waals surface area contributed by atoms with Crippen molar-refractivity contribution in [2.45, 2.75) is 45.4 Å². The Morgan fingerprint density at radius 2 is 2.00 bits per heavy atom. The molecule has 0 aromatic carbocycles. The van der Waals surface area contributed by atoms with Crippen molar-refractivity contribution in [2.24, 2.45) is 5.73 Å². The number of carbonyl (C=O) groups is 3. The number of nitrogens with two attached hydrogens (primary N) is 1. The molecule has 1 amide bonds. The molecule has 7 nitrogen and oxygen atoms in total. The molecule has 0 rings (SSSR count). The first-order chi connectivity index (χ1) is 8.27. The van der Waals surface area contributed by atoms with Gasteiger partial charge in [-0.25, -0.2) is 4.79 Å². The van der Waals surface area contributed by atoms with Gasteiger partial charge in [0, 0.05) is 0 Å². The number of aliphatic carboxylic acids is 1. The summed E-state index contributed by atoms with van der Waals surface area (Å²) in [6, 6.07) is -2.11. The van der Waals surface area contributed by atoms with Gasteiger partial charge in [0.25, 0.3) is 0 Å². The number of nitrogens with one attached hydrogen (secondary N) is 1. The molecule has 0 fully saturated rings. The fourth-order valence-corrected chi connectivity index (χ4v) is 0.975. The van der Waals surface area contributed by atoms with Gasteiger partial charge in [-0.05, 0) is 20.8 Å². The van der Waals surface area contributed by atoms with Crippen molar-refractivity contribution >= 4 is 17.8 Å². The van der Waals surface area contributed by atoms with Gasteiger partial charge in [0.2, 0.25) is 5.91 Å². The summed E-state index contributed by atoms with van der Waals surface area (Å²) >= 11 is 0. The van der Waals surface area contributed by atoms with Crippen LogP contribution in [0.15, 0.2) is 0 Å². The van der Waals surface area contributed by atoms with Crippen molar-refractivity contribution < 1.29 is 25.6 Å². The Morgan fingerprint density at radius 3 is 2.41 bits per heavy atom. The van der Waals surface area contributed by atoms with E-state index in [-0.39, 0.29) is 6.10 Å². The van der Waals surface area contributed by atoms with Gasteiger partial charge in [-0.1, -0.05) is 0 Å². The predicted molar refractivity (Wildman–Crippen MR) is 59.1 cm³/mol. The zero-order valence-corrected chi connectivity index (χ0v) is 10.0. The van der Waals surface area contributed by atoms with Crippen LogP contribution in [0.25, 0.3) is 0 Å². The minimum atomic E-state index is -1.22. The van der Waals surface area contributed by atoms with Gasteiger partial charge in [-0.15, -0.1) is 0 Å². The number of ether oxygens (including phenoxy) is 1. The van der Waals surface area contributed by atoms with E-state index in [2.05, 4.69) is 5.32 Å². The average molecular weight is 247 g/mol. The van der Waals surface area contributed by atoms with E-state index < -0.39 is 36.4 Å². The fraction of sp³-hybridized carbons (Fsp3) is 0.700. The van der Waals surface area contributed by atoms with E-state index in [0.717, 1.165) is 0 Å². The van der Waals surface area contributed by atoms with Crippen LogP contribution in [0.2, 0.25) is 1.41 Å². The lowest BCUT2D eigenvalue weighted by molar-refractivity contribution is -0.151. The number of carboxylic acid groups (broad SMARTS) is 1. The molecule has 0 aliphatic rings. The molecule has 0 radical (unpaired) electrons. The van der Waals surface area contributed by atoms with E-state index in [0.29, 0.717) is 0 Å². The molecule has 0 saturated heterocycles. The molecule has 2 atom stereocenters. The van der Waals surface area contributed by atoms with Gasteiger partial charge >= 0.3 is 11.9 Å². The lowest BCUT2D eigenvalue weighted by Gasteiger charge is -2.17. The highest BCUT2D eigenvalue weighted by molar-refractivity contribution is 5.89. The van der Waals surface area contributed by atoms with E-state index in [1.54, 1.807) is 13.8 Å². The van der Waals surface area contributed by atoms with Crippen LogP contribution in [-0.2, 0) is 19.1 Å². The zero-order chi connectivity index (χ0) is 14.3. The van der Waals surface area contributed by atoms with Gasteiger partial charge in [-0.3, -0.25) is 9.59 Å². The smallest absolute Gasteiger partial charge is 0.328 e. The van der Waals surface area contributed by atoms with Gasteiger partial charge < -0.3 is 20.9 Å². The second kappa shape index (κ2) is 6.85. The highest BCUT2D eigenvalue weighted by atomic mass is 16.5. The first-order valence-electron chi connectivity index (χ1n) is 5.67. The fourth-order valence-electron chi connectivity index (χ4n) is 0.975. The maximum Gasteiger partial charge on any atom is 0.328 e. The third-order valence-corrected chi connectivity index (χ3v) is 1.76. The van der Waals surface area contributed by atoms with E-state index in [9.17, 15) is 14.4 Å². The van der Waals surface area contributed by atoms with E-state index >= 15 is 0 Å². The zero-order valence-electron chi connectivity index (χ0n) is 11.0. The Hall–Kier alpha value is -1.63. The van der Waals surface area contributed by atoms with Gasteiger partial charge in [0.15, 0.2) is 0 Å². The molecule has 0 aromatic rings. The highest BCUT2D eigenvalue weighted by Gasteiger charge is 2.23. The molecule has 0 spiro atoms. The Morgan fingerprint density at radius 1 is 1.41 bits per heavy atom. The summed E-state index contributed by atoms with van der Waals surface area (Å²) in [6.45, 7) is 4.76. The Bertz CT molecular complexity index is 321. The third kappa shape index (κ3) is 6.52. The monoisotopic (exact) mass is 247 g/mol. The van der Waals surface area contributed by atoms with Gasteiger partial charge in [-0.2, -0.15) is 0 Å². The summed E-state index contributed by atoms with van der Waals surface area (Å²) in [5.41, 5.74) is 1.82. The summed E-state index contributed by atoms with van der Waals surface area (Å²) in [5.74, 6) is -2.56. The molecule has 0 aromatic heterocycles. The molecule has 0 saturated carbocycles. The largest absolute Gasteiger partial charge is 0.481 e. The summed E-state index contributed by atoms with van der Waals surface area (Å²) in [7, 11) is 0. The molecule has 0 bridgehead atoms. The Labute approximate surface area is 101 Å². The summed E-state index contributed by atoms with van der Waals surface area (Å²) in [5, 5.41) is 10.8. The van der Waals surface area contributed by atoms with Crippen LogP contribution in [0.5, 0.6) is 0 Å². The number of carboxylic acids is 1. The van der Waals surface area contributed by atoms with Crippen LogP contribution >= 0.6 is 0 Å². The molecule has 0 aliphatic heterocycles. The molecule has 98 valence electrons. The maximum absolute atomic E-state index is 11.5. The number of hydrogen-bond acceptors (Lipinski definition) is 5. The minimum absolute atomic E-state index is 0.305. The first-order valence-corrected chi connectivity index (χ1v) is 5.17. The van der Waals surface area contributed by atoms with Crippen molar-refractivity contribution in [3.8, 4) is 0 Å². The Kier molecular flexibility index (Phi) is 5.41. The Balaban J connectivity index is 4.35. The molecular weight excluding hydrogens is 228 g/mol. The van der Waals surface area contributed by atoms with Gasteiger partial charge in [0.05, 0.1) is 18.6 Å². The average Bonchev–Trinajstić information content (AvgIpc) is 2.24. The third-order valence-electron chi connectivity index (χ3n) is 1.76. The summed E-state index contributed by atoms with van der Waals surface area (Å²) < 4.78 is 11.7. The quantitative estimate of drug-likeness (QED) is 0.509. The molecular formula is C10H18N2O5. The number of hydrogen-bond donors (Lipinski definition) is 3. The number of amides is 1. The minimum Gasteiger partial charge on any atom is -0.481 e. The van der Waals surface area contributed by atoms with Crippen molar-refractivity contribution in [1.29, 1.82) is 0 Å². The SMILES string of the molecule is [2H]N[C@@H](CC(=O)O)C(=O)N[C@@H](C)C(=O)OC(C)C. The molecule has 0 heterocycles. The van der Waals surface area contributed by atoms with Crippen molar-refractivity contribution in [1.82, 2.24) is 5.32 Å². The maximum atomic E-state index is 11.5. The number of esters is 1. The van der Waals surface area contributed by atoms with Crippen LogP contribution in [0, 0.1) is 0 Å². The van der Waals surface area contributed by atoms with Crippen LogP contribution in [0.1, 0.15) is 27.2 Å². The van der Waals surface area contributed by atoms with E-state index in [1.807, 2.05) is 5.73 Å². The van der Waals surface area contributed by atoms with Crippen LogP contribution in [0.4, 0.5) is 0 Å². The molecule has 0 unspecified atom stereocenters. The van der Waals surface area contributed by atoms with Crippen molar-refractivity contribution in [3.05, 3.63) is 0 Å². The van der Waals surface area contributed by atoms with Gasteiger partial charge in [0.1, 0.15) is 7.45 Å². The predicted octanol–water partition coefficient (Wildman–Crippen LogP) is -0.755. The number of rotatable bonds is 7. The molecule has 4 N–H and O–H groups in total. The first kappa shape index (κ1) is 13.4. The highest BCUT2D eigenvalue weighted by Crippen LogP contribution is 1.96. The lowest BCUT2D eigenvalue weighted by Crippen LogP contribution is -2.48. The standard InChI is InChI=1S/C10H18N2O5/c1-5(2)17-10(16)6(3)12-9(15)7(11)4-8(13)14/h5-7H,4,11H2,1-3H3,(H,12,15)(H,13,14)/t6-,7-/m0/s1/i/hD.